The first-order valence-electron chi connectivity index (χ1n) is 20.6. The molecular weight excluding hydrogens is 814 g/mol. The third-order valence-electron chi connectivity index (χ3n) is 10.1. The molecule has 1 aliphatic carbocycles. The summed E-state index contributed by atoms with van der Waals surface area (Å²) in [6.07, 6.45) is 0.959. The smallest absolute Gasteiger partial charge is 0.326 e. The molecular formula is C41H61N7O14. The van der Waals surface area contributed by atoms with Crippen LogP contribution >= 0.6 is 0 Å². The van der Waals surface area contributed by atoms with Gasteiger partial charge in [0.1, 0.15) is 42.3 Å². The quantitative estimate of drug-likeness (QED) is 0.0567. The first-order valence-corrected chi connectivity index (χ1v) is 20.6. The molecule has 0 radical (unpaired) electrons. The third-order valence-corrected chi connectivity index (χ3v) is 10.1. The van der Waals surface area contributed by atoms with E-state index in [1.807, 2.05) is 0 Å². The van der Waals surface area contributed by atoms with Crippen LogP contribution in [0.2, 0.25) is 0 Å². The van der Waals surface area contributed by atoms with Crippen LogP contribution < -0.4 is 37.2 Å². The number of aliphatic carboxylic acids is 3. The lowest BCUT2D eigenvalue weighted by atomic mass is 9.85. The Morgan fingerprint density at radius 1 is 0.581 bits per heavy atom. The van der Waals surface area contributed by atoms with E-state index in [4.69, 9.17) is 0 Å². The largest absolute Gasteiger partial charge is 0.481 e. The van der Waals surface area contributed by atoms with Crippen LogP contribution in [0, 0.1) is 11.8 Å². The van der Waals surface area contributed by atoms with Crippen LogP contribution in [0.5, 0.6) is 0 Å². The molecule has 0 saturated heterocycles. The number of carboxylic acid groups (broad SMARTS) is 3. The minimum Gasteiger partial charge on any atom is -0.481 e. The molecule has 1 fully saturated rings. The number of carbonyl (C=O) groups excluding carboxylic acids is 7. The van der Waals surface area contributed by atoms with E-state index in [9.17, 15) is 68.4 Å². The van der Waals surface area contributed by atoms with Gasteiger partial charge in [-0.25, -0.2) is 4.79 Å². The maximum atomic E-state index is 13.6. The summed E-state index contributed by atoms with van der Waals surface area (Å²) in [6, 6.07) is -2.11. The van der Waals surface area contributed by atoms with Crippen LogP contribution in [0.15, 0.2) is 30.3 Å². The van der Waals surface area contributed by atoms with Crippen molar-refractivity contribution in [1.29, 1.82) is 0 Å². The van der Waals surface area contributed by atoms with Gasteiger partial charge in [0, 0.05) is 13.3 Å². The van der Waals surface area contributed by atoms with Crippen molar-refractivity contribution in [3.63, 3.8) is 0 Å². The van der Waals surface area contributed by atoms with Gasteiger partial charge in [-0.15, -0.1) is 0 Å². The maximum Gasteiger partial charge on any atom is 0.326 e. The van der Waals surface area contributed by atoms with E-state index in [-0.39, 0.29) is 31.1 Å². The SMILES string of the molecule is CC(=O)N[C@@H](Cc1ccccc1)C(=O)N[C@H](C(=O)N[C@@H](CC(C)C)C(=O)N[C@@H](CC(=O)O)C(=O)N[C@@H](C)C(=O)N[C@@H](CC(=O)O)C(=O)N[C@@H](CC1CCCCC1)C(=O)O)[C@@H](C)O. The number of hydrogen-bond acceptors (Lipinski definition) is 11. The van der Waals surface area contributed by atoms with E-state index in [0.29, 0.717) is 5.56 Å². The molecule has 0 unspecified atom stereocenters. The second-order valence-corrected chi connectivity index (χ2v) is 16.0. The second kappa shape index (κ2) is 25.6. The van der Waals surface area contributed by atoms with Crippen molar-refractivity contribution >= 4 is 59.3 Å². The minimum absolute atomic E-state index is 0.0264. The van der Waals surface area contributed by atoms with Crippen molar-refractivity contribution in [3.8, 4) is 0 Å². The number of aliphatic hydroxyl groups excluding tert-OH is 1. The highest BCUT2D eigenvalue weighted by molar-refractivity contribution is 5.98. The summed E-state index contributed by atoms with van der Waals surface area (Å²) in [4.78, 5) is 128. The third kappa shape index (κ3) is 18.7. The molecule has 21 heteroatoms. The molecule has 1 aliphatic rings. The molecule has 1 aromatic rings. The van der Waals surface area contributed by atoms with Crippen molar-refractivity contribution in [2.24, 2.45) is 11.8 Å². The van der Waals surface area contributed by atoms with E-state index >= 15 is 0 Å². The van der Waals surface area contributed by atoms with Gasteiger partial charge in [-0.3, -0.25) is 43.2 Å². The molecule has 8 atom stereocenters. The Labute approximate surface area is 359 Å². The van der Waals surface area contributed by atoms with Crippen LogP contribution in [0.4, 0.5) is 0 Å². The first kappa shape index (κ1) is 52.0. The number of nitrogens with one attached hydrogen (secondary N) is 7. The highest BCUT2D eigenvalue weighted by atomic mass is 16.4. The molecule has 1 aromatic carbocycles. The standard InChI is InChI=1S/C41H61N7O14/c1-21(2)16-27(46-40(60)34(23(4)49)48-39(59)28(43-24(5)50)17-25-12-8-6-9-13-25)37(57)45-29(19-32(51)52)36(56)42-22(3)35(55)44-30(20-33(53)54)38(58)47-31(41(61)62)18-26-14-10-7-11-15-26/h6,8-9,12-13,21-23,26-31,34,49H,7,10-11,14-20H2,1-5H3,(H,42,56)(H,43,50)(H,44,55)(H,45,57)(H,46,60)(H,47,58)(H,48,59)(H,51,52)(H,53,54)(H,61,62)/t22-,23+,27-,28-,29-,30-,31-,34-/m0/s1. The zero-order valence-electron chi connectivity index (χ0n) is 35.6. The molecule has 21 nitrogen and oxygen atoms in total. The second-order valence-electron chi connectivity index (χ2n) is 16.0. The number of carboxylic acids is 3. The van der Waals surface area contributed by atoms with Gasteiger partial charge < -0.3 is 57.6 Å². The lowest BCUT2D eigenvalue weighted by Crippen LogP contribution is -2.61. The Hall–Kier alpha value is -6.12. The summed E-state index contributed by atoms with van der Waals surface area (Å²) in [6.45, 7) is 6.93. The average molecular weight is 876 g/mol. The van der Waals surface area contributed by atoms with E-state index in [2.05, 4.69) is 37.2 Å². The Bertz CT molecular complexity index is 1750. The van der Waals surface area contributed by atoms with Crippen LogP contribution in [0.25, 0.3) is 0 Å². The van der Waals surface area contributed by atoms with E-state index < -0.39 is 120 Å². The van der Waals surface area contributed by atoms with Crippen molar-refractivity contribution in [2.45, 2.75) is 147 Å². The van der Waals surface area contributed by atoms with E-state index in [1.54, 1.807) is 44.2 Å². The summed E-state index contributed by atoms with van der Waals surface area (Å²) >= 11 is 0. The van der Waals surface area contributed by atoms with Crippen LogP contribution in [0.1, 0.15) is 98.0 Å². The number of rotatable bonds is 25. The predicted molar refractivity (Wildman–Crippen MR) is 219 cm³/mol. The van der Waals surface area contributed by atoms with E-state index in [0.717, 1.165) is 39.0 Å². The zero-order valence-corrected chi connectivity index (χ0v) is 35.6. The Morgan fingerprint density at radius 3 is 1.56 bits per heavy atom. The fraction of sp³-hybridized carbons (Fsp3) is 0.610. The fourth-order valence-electron chi connectivity index (χ4n) is 6.89. The molecule has 0 aliphatic heterocycles. The molecule has 7 amide bonds. The summed E-state index contributed by atoms with van der Waals surface area (Å²) in [5, 5.41) is 55.6. The molecule has 0 bridgehead atoms. The zero-order chi connectivity index (χ0) is 46.7. The predicted octanol–water partition coefficient (Wildman–Crippen LogP) is -0.906. The van der Waals surface area contributed by atoms with Gasteiger partial charge in [0.2, 0.25) is 41.4 Å². The molecule has 2 rings (SSSR count). The van der Waals surface area contributed by atoms with Crippen molar-refractivity contribution < 1.29 is 68.4 Å². The Balaban J connectivity index is 2.19. The van der Waals surface area contributed by atoms with Gasteiger partial charge in [0.05, 0.1) is 18.9 Å². The lowest BCUT2D eigenvalue weighted by Gasteiger charge is -2.28. The van der Waals surface area contributed by atoms with Crippen molar-refractivity contribution in [3.05, 3.63) is 35.9 Å². The number of carbonyl (C=O) groups is 10. The molecule has 1 saturated carbocycles. The summed E-state index contributed by atoms with van der Waals surface area (Å²) in [5.41, 5.74) is 0.684. The maximum absolute atomic E-state index is 13.6. The van der Waals surface area contributed by atoms with Gasteiger partial charge >= 0.3 is 17.9 Å². The van der Waals surface area contributed by atoms with Crippen LogP contribution in [0.3, 0.4) is 0 Å². The van der Waals surface area contributed by atoms with Crippen LogP contribution in [-0.4, -0.2) is 128 Å². The highest BCUT2D eigenvalue weighted by Crippen LogP contribution is 2.27. The van der Waals surface area contributed by atoms with Crippen molar-refractivity contribution in [1.82, 2.24) is 37.2 Å². The molecule has 0 spiro atoms. The summed E-state index contributed by atoms with van der Waals surface area (Å²) in [7, 11) is 0. The first-order chi connectivity index (χ1) is 29.1. The summed E-state index contributed by atoms with van der Waals surface area (Å²) < 4.78 is 0. The normalized spacial score (nSPS) is 16.6. The monoisotopic (exact) mass is 875 g/mol. The fourth-order valence-corrected chi connectivity index (χ4v) is 6.89. The number of aliphatic hydroxyl groups is 1. The van der Waals surface area contributed by atoms with Crippen molar-refractivity contribution in [2.75, 3.05) is 0 Å². The molecule has 344 valence electrons. The van der Waals surface area contributed by atoms with Gasteiger partial charge in [-0.05, 0) is 44.1 Å². The molecule has 11 N–H and O–H groups in total. The van der Waals surface area contributed by atoms with Gasteiger partial charge in [-0.2, -0.15) is 0 Å². The summed E-state index contributed by atoms with van der Waals surface area (Å²) in [5.74, 6) is -11.5. The average Bonchev–Trinajstić information content (AvgIpc) is 3.18. The number of amides is 7. The Morgan fingerprint density at radius 2 is 1.06 bits per heavy atom. The molecule has 0 aromatic heterocycles. The Kier molecular flexibility index (Phi) is 21.5. The van der Waals surface area contributed by atoms with Crippen LogP contribution in [-0.2, 0) is 54.4 Å². The number of hydrogen-bond donors (Lipinski definition) is 11. The lowest BCUT2D eigenvalue weighted by molar-refractivity contribution is -0.144. The highest BCUT2D eigenvalue weighted by Gasteiger charge is 2.36. The van der Waals surface area contributed by atoms with Gasteiger partial charge in [-0.1, -0.05) is 76.3 Å². The molecule has 62 heavy (non-hydrogen) atoms. The molecule has 0 heterocycles. The van der Waals surface area contributed by atoms with E-state index in [1.165, 1.54) is 13.8 Å². The number of benzene rings is 1. The van der Waals surface area contributed by atoms with Gasteiger partial charge in [0.15, 0.2) is 0 Å². The topological polar surface area (TPSA) is 336 Å². The minimum atomic E-state index is -1.85. The van der Waals surface area contributed by atoms with Gasteiger partial charge in [0.25, 0.3) is 0 Å².